The predicted molar refractivity (Wildman–Crippen MR) is 101 cm³/mol. The van der Waals surface area contributed by atoms with Crippen LogP contribution in [0.15, 0.2) is 24.7 Å². The molecule has 0 atom stereocenters. The Kier molecular flexibility index (Phi) is 5.10. The summed E-state index contributed by atoms with van der Waals surface area (Å²) in [5.74, 6) is 2.65. The Morgan fingerprint density at radius 3 is 2.62 bits per heavy atom. The zero-order valence-corrected chi connectivity index (χ0v) is 15.1. The first-order chi connectivity index (χ1) is 12.8. The molecule has 0 saturated carbocycles. The van der Waals surface area contributed by atoms with E-state index in [1.165, 1.54) is 0 Å². The van der Waals surface area contributed by atoms with Crippen LogP contribution < -0.4 is 15.1 Å². The van der Waals surface area contributed by atoms with Crippen molar-refractivity contribution in [2.24, 2.45) is 0 Å². The van der Waals surface area contributed by atoms with E-state index < -0.39 is 0 Å². The van der Waals surface area contributed by atoms with Gasteiger partial charge in [0.05, 0.1) is 25.1 Å². The van der Waals surface area contributed by atoms with Crippen molar-refractivity contribution in [3.8, 4) is 0 Å². The summed E-state index contributed by atoms with van der Waals surface area (Å²) < 4.78 is 5.40. The van der Waals surface area contributed by atoms with Crippen LogP contribution >= 0.6 is 0 Å². The van der Waals surface area contributed by atoms with E-state index in [2.05, 4.69) is 30.1 Å². The zero-order chi connectivity index (χ0) is 17.8. The van der Waals surface area contributed by atoms with E-state index in [1.807, 2.05) is 25.4 Å². The summed E-state index contributed by atoms with van der Waals surface area (Å²) in [7, 11) is 0. The van der Waals surface area contributed by atoms with E-state index in [4.69, 9.17) is 9.72 Å². The van der Waals surface area contributed by atoms with E-state index in [0.717, 1.165) is 75.5 Å². The highest BCUT2D eigenvalue weighted by molar-refractivity contribution is 5.43. The quantitative estimate of drug-likeness (QED) is 0.884. The summed E-state index contributed by atoms with van der Waals surface area (Å²) in [5, 5.41) is 3.57. The number of nitrogens with zero attached hydrogens (tertiary/aromatic N) is 6. The van der Waals surface area contributed by atoms with Gasteiger partial charge < -0.3 is 19.9 Å². The van der Waals surface area contributed by atoms with Gasteiger partial charge in [0.25, 0.3) is 0 Å². The van der Waals surface area contributed by atoms with Gasteiger partial charge in [-0.05, 0) is 25.8 Å². The Labute approximate surface area is 153 Å². The predicted octanol–water partition coefficient (Wildman–Crippen LogP) is 1.49. The molecule has 2 saturated heterocycles. The van der Waals surface area contributed by atoms with Gasteiger partial charge >= 0.3 is 0 Å². The Bertz CT molecular complexity index is 727. The summed E-state index contributed by atoms with van der Waals surface area (Å²) in [4.78, 5) is 22.4. The fourth-order valence-electron chi connectivity index (χ4n) is 3.41. The number of piperidine rings is 1. The molecule has 26 heavy (non-hydrogen) atoms. The molecule has 2 fully saturated rings. The molecule has 2 aromatic rings. The van der Waals surface area contributed by atoms with Crippen LogP contribution in [0.3, 0.4) is 0 Å². The molecule has 0 aromatic carbocycles. The van der Waals surface area contributed by atoms with Gasteiger partial charge in [-0.15, -0.1) is 0 Å². The van der Waals surface area contributed by atoms with Crippen LogP contribution in [0.2, 0.25) is 0 Å². The fraction of sp³-hybridized carbons (Fsp3) is 0.556. The molecule has 2 aliphatic rings. The summed E-state index contributed by atoms with van der Waals surface area (Å²) in [6.45, 7) is 7.09. The van der Waals surface area contributed by atoms with Crippen LogP contribution in [0.1, 0.15) is 18.5 Å². The third-order valence-electron chi connectivity index (χ3n) is 4.85. The molecule has 2 aromatic heterocycles. The average Bonchev–Trinajstić information content (AvgIpc) is 2.69. The van der Waals surface area contributed by atoms with E-state index in [9.17, 15) is 0 Å². The zero-order valence-electron chi connectivity index (χ0n) is 15.1. The molecule has 8 heteroatoms. The molecule has 0 aliphatic carbocycles. The third-order valence-corrected chi connectivity index (χ3v) is 4.85. The van der Waals surface area contributed by atoms with Crippen molar-refractivity contribution in [2.75, 3.05) is 54.5 Å². The van der Waals surface area contributed by atoms with Crippen molar-refractivity contribution >= 4 is 17.6 Å². The summed E-state index contributed by atoms with van der Waals surface area (Å²) in [6, 6.07) is 2.36. The lowest BCUT2D eigenvalue weighted by molar-refractivity contribution is 0.122. The molecule has 1 N–H and O–H groups in total. The van der Waals surface area contributed by atoms with Crippen LogP contribution in [-0.4, -0.2) is 65.4 Å². The topological polar surface area (TPSA) is 79.3 Å². The van der Waals surface area contributed by atoms with Gasteiger partial charge in [0.15, 0.2) is 0 Å². The maximum absolute atomic E-state index is 5.40. The van der Waals surface area contributed by atoms with Gasteiger partial charge in [0.1, 0.15) is 11.6 Å². The summed E-state index contributed by atoms with van der Waals surface area (Å²) in [5.41, 5.74) is 0.958. The van der Waals surface area contributed by atoms with E-state index in [1.54, 1.807) is 6.20 Å². The number of anilines is 3. The molecule has 0 unspecified atom stereocenters. The number of aromatic nitrogens is 4. The Morgan fingerprint density at radius 2 is 1.85 bits per heavy atom. The van der Waals surface area contributed by atoms with Crippen LogP contribution in [0, 0.1) is 6.92 Å². The molecule has 8 nitrogen and oxygen atoms in total. The first-order valence-corrected chi connectivity index (χ1v) is 9.24. The van der Waals surface area contributed by atoms with Gasteiger partial charge in [-0.2, -0.15) is 4.98 Å². The highest BCUT2D eigenvalue weighted by atomic mass is 16.5. The average molecular weight is 355 g/mol. The van der Waals surface area contributed by atoms with Crippen LogP contribution in [0.4, 0.5) is 17.6 Å². The van der Waals surface area contributed by atoms with Crippen molar-refractivity contribution in [3.63, 3.8) is 0 Å². The highest BCUT2D eigenvalue weighted by Crippen LogP contribution is 2.20. The van der Waals surface area contributed by atoms with E-state index in [0.29, 0.717) is 6.04 Å². The third kappa shape index (κ3) is 4.01. The minimum absolute atomic E-state index is 0.413. The number of morpholine rings is 1. The number of nitrogens with one attached hydrogen (secondary N) is 1. The number of aryl methyl sites for hydroxylation is 1. The molecular weight excluding hydrogens is 330 g/mol. The second-order valence-electron chi connectivity index (χ2n) is 6.77. The summed E-state index contributed by atoms with van der Waals surface area (Å²) in [6.07, 6.45) is 7.56. The number of ether oxygens (including phenoxy) is 1. The Morgan fingerprint density at radius 1 is 1.04 bits per heavy atom. The molecule has 0 bridgehead atoms. The lowest BCUT2D eigenvalue weighted by Crippen LogP contribution is -2.40. The number of rotatable bonds is 4. The summed E-state index contributed by atoms with van der Waals surface area (Å²) >= 11 is 0. The highest BCUT2D eigenvalue weighted by Gasteiger charge is 2.21. The maximum atomic E-state index is 5.40. The van der Waals surface area contributed by atoms with Gasteiger partial charge in [-0.1, -0.05) is 0 Å². The second-order valence-corrected chi connectivity index (χ2v) is 6.77. The molecule has 2 aliphatic heterocycles. The molecule has 0 radical (unpaired) electrons. The lowest BCUT2D eigenvalue weighted by Gasteiger charge is -2.33. The number of hydrogen-bond acceptors (Lipinski definition) is 8. The lowest BCUT2D eigenvalue weighted by atomic mass is 10.1. The molecule has 0 amide bonds. The minimum atomic E-state index is 0.413. The first kappa shape index (κ1) is 17.0. The SMILES string of the molecule is Cc1cncc(N2CCC(Nc3ccnc(N4CCOCC4)n3)CC2)n1. The van der Waals surface area contributed by atoms with Gasteiger partial charge in [-0.25, -0.2) is 9.97 Å². The smallest absolute Gasteiger partial charge is 0.227 e. The second kappa shape index (κ2) is 7.82. The van der Waals surface area contributed by atoms with Gasteiger partial charge in [-0.3, -0.25) is 4.98 Å². The van der Waals surface area contributed by atoms with Crippen molar-refractivity contribution in [2.45, 2.75) is 25.8 Å². The van der Waals surface area contributed by atoms with Gasteiger partial charge in [0.2, 0.25) is 5.95 Å². The first-order valence-electron chi connectivity index (χ1n) is 9.24. The maximum Gasteiger partial charge on any atom is 0.227 e. The molecule has 4 rings (SSSR count). The van der Waals surface area contributed by atoms with Crippen LogP contribution in [-0.2, 0) is 4.74 Å². The van der Waals surface area contributed by atoms with Crippen molar-refractivity contribution in [3.05, 3.63) is 30.4 Å². The van der Waals surface area contributed by atoms with Crippen molar-refractivity contribution < 1.29 is 4.74 Å². The normalized spacial score (nSPS) is 18.8. The fourth-order valence-corrected chi connectivity index (χ4v) is 3.41. The number of hydrogen-bond donors (Lipinski definition) is 1. The van der Waals surface area contributed by atoms with E-state index in [-0.39, 0.29) is 0 Å². The molecule has 0 spiro atoms. The molecular formula is C18H25N7O. The van der Waals surface area contributed by atoms with Crippen LogP contribution in [0.5, 0.6) is 0 Å². The Balaban J connectivity index is 1.34. The van der Waals surface area contributed by atoms with Crippen LogP contribution in [0.25, 0.3) is 0 Å². The molecule has 138 valence electrons. The minimum Gasteiger partial charge on any atom is -0.378 e. The standard InChI is InChI=1S/C18H25N7O/c1-14-12-19-13-17(21-14)24-6-3-15(4-7-24)22-16-2-5-20-18(23-16)25-8-10-26-11-9-25/h2,5,12-13,15H,3-4,6-11H2,1H3,(H,20,22,23). The van der Waals surface area contributed by atoms with Crippen molar-refractivity contribution in [1.82, 2.24) is 19.9 Å². The van der Waals surface area contributed by atoms with E-state index >= 15 is 0 Å². The van der Waals surface area contributed by atoms with Crippen molar-refractivity contribution in [1.29, 1.82) is 0 Å². The Hall–Kier alpha value is -2.48. The molecule has 4 heterocycles. The largest absolute Gasteiger partial charge is 0.378 e. The van der Waals surface area contributed by atoms with Gasteiger partial charge in [0, 0.05) is 44.6 Å². The monoisotopic (exact) mass is 355 g/mol.